The Balaban J connectivity index is 1.83. The van der Waals surface area contributed by atoms with Crippen LogP contribution in [0.1, 0.15) is 30.1 Å². The average molecular weight is 321 g/mol. The number of nitrogens with zero attached hydrogens (tertiary/aromatic N) is 1. The van der Waals surface area contributed by atoms with E-state index in [1.54, 1.807) is 24.3 Å². The molecule has 5 nitrogen and oxygen atoms in total. The minimum absolute atomic E-state index is 0.0713. The number of benzene rings is 1. The summed E-state index contributed by atoms with van der Waals surface area (Å²) in [5, 5.41) is 9.09. The first-order valence-corrected chi connectivity index (χ1v) is 8.22. The third kappa shape index (κ3) is 4.10. The predicted octanol–water partition coefficient (Wildman–Crippen LogP) is 2.27. The summed E-state index contributed by atoms with van der Waals surface area (Å²) >= 11 is 1.09. The highest BCUT2D eigenvalue weighted by molar-refractivity contribution is 8.14. The largest absolute Gasteiger partial charge is 0.480 e. The van der Waals surface area contributed by atoms with E-state index in [1.807, 2.05) is 13.0 Å². The van der Waals surface area contributed by atoms with Crippen LogP contribution in [0.15, 0.2) is 30.3 Å². The van der Waals surface area contributed by atoms with Crippen molar-refractivity contribution in [2.75, 3.05) is 12.3 Å². The zero-order valence-corrected chi connectivity index (χ0v) is 13.2. The maximum absolute atomic E-state index is 12.2. The standard InChI is InChI=1S/C16H19NO4S/c1-11-9-13(15(19)20)17(10-11)14(18)7-8-22-16(21)12-5-3-2-4-6-12/h2-6,11,13H,7-10H2,1H3,(H,19,20)/t11?,13-/m0/s1. The maximum Gasteiger partial charge on any atom is 0.326 e. The van der Waals surface area contributed by atoms with Gasteiger partial charge in [0.1, 0.15) is 6.04 Å². The highest BCUT2D eigenvalue weighted by atomic mass is 32.2. The first kappa shape index (κ1) is 16.5. The normalized spacial score (nSPS) is 20.9. The fourth-order valence-corrected chi connectivity index (χ4v) is 3.35. The van der Waals surface area contributed by atoms with Crippen molar-refractivity contribution in [3.8, 4) is 0 Å². The van der Waals surface area contributed by atoms with E-state index in [1.165, 1.54) is 4.90 Å². The average Bonchev–Trinajstić information content (AvgIpc) is 2.90. The van der Waals surface area contributed by atoms with Crippen LogP contribution in [-0.2, 0) is 9.59 Å². The van der Waals surface area contributed by atoms with Gasteiger partial charge in [-0.05, 0) is 12.3 Å². The van der Waals surface area contributed by atoms with Gasteiger partial charge in [-0.3, -0.25) is 9.59 Å². The van der Waals surface area contributed by atoms with E-state index in [0.29, 0.717) is 24.3 Å². The summed E-state index contributed by atoms with van der Waals surface area (Å²) in [4.78, 5) is 36.7. The van der Waals surface area contributed by atoms with E-state index >= 15 is 0 Å². The van der Waals surface area contributed by atoms with Gasteiger partial charge in [-0.1, -0.05) is 49.0 Å². The molecule has 1 aliphatic heterocycles. The summed E-state index contributed by atoms with van der Waals surface area (Å²) in [5.41, 5.74) is 0.609. The van der Waals surface area contributed by atoms with E-state index in [0.717, 1.165) is 11.8 Å². The first-order valence-electron chi connectivity index (χ1n) is 7.23. The molecule has 0 radical (unpaired) electrons. The number of aliphatic carboxylic acids is 1. The lowest BCUT2D eigenvalue weighted by molar-refractivity contribution is -0.148. The van der Waals surface area contributed by atoms with Gasteiger partial charge in [0.25, 0.3) is 0 Å². The highest BCUT2D eigenvalue weighted by Crippen LogP contribution is 2.24. The zero-order chi connectivity index (χ0) is 16.1. The monoisotopic (exact) mass is 321 g/mol. The van der Waals surface area contributed by atoms with Crippen LogP contribution in [0.5, 0.6) is 0 Å². The highest BCUT2D eigenvalue weighted by Gasteiger charge is 2.37. The molecule has 2 atom stereocenters. The van der Waals surface area contributed by atoms with E-state index in [-0.39, 0.29) is 23.4 Å². The van der Waals surface area contributed by atoms with Gasteiger partial charge in [0.2, 0.25) is 11.0 Å². The molecule has 0 spiro atoms. The number of carbonyl (C=O) groups excluding carboxylic acids is 2. The zero-order valence-electron chi connectivity index (χ0n) is 12.4. The first-order chi connectivity index (χ1) is 10.5. The summed E-state index contributed by atoms with van der Waals surface area (Å²) < 4.78 is 0. The second kappa shape index (κ2) is 7.45. The molecule has 0 aromatic heterocycles. The summed E-state index contributed by atoms with van der Waals surface area (Å²) in [7, 11) is 0. The van der Waals surface area contributed by atoms with Gasteiger partial charge in [0.15, 0.2) is 0 Å². The van der Waals surface area contributed by atoms with E-state index in [4.69, 9.17) is 5.11 Å². The molecule has 118 valence electrons. The van der Waals surface area contributed by atoms with Crippen molar-refractivity contribution in [2.45, 2.75) is 25.8 Å². The summed E-state index contributed by atoms with van der Waals surface area (Å²) in [6.07, 6.45) is 0.677. The molecule has 6 heteroatoms. The number of hydrogen-bond acceptors (Lipinski definition) is 4. The number of carboxylic acids is 1. The fraction of sp³-hybridized carbons (Fsp3) is 0.438. The Morgan fingerprint density at radius 3 is 2.59 bits per heavy atom. The SMILES string of the molecule is CC1C[C@@H](C(=O)O)N(C(=O)CCSC(=O)c2ccccc2)C1. The van der Waals surface area contributed by atoms with Crippen LogP contribution in [-0.4, -0.2) is 45.3 Å². The van der Waals surface area contributed by atoms with Crippen LogP contribution < -0.4 is 0 Å². The summed E-state index contributed by atoms with van der Waals surface area (Å²) in [6, 6.07) is 8.17. The van der Waals surface area contributed by atoms with Gasteiger partial charge in [0, 0.05) is 24.3 Å². The predicted molar refractivity (Wildman–Crippen MR) is 84.8 cm³/mol. The number of likely N-dealkylation sites (tertiary alicyclic amines) is 1. The minimum atomic E-state index is -0.953. The van der Waals surface area contributed by atoms with Gasteiger partial charge < -0.3 is 10.0 Å². The van der Waals surface area contributed by atoms with E-state index in [9.17, 15) is 14.4 Å². The number of carboxylic acid groups (broad SMARTS) is 1. The Hall–Kier alpha value is -1.82. The number of thioether (sulfide) groups is 1. The number of hydrogen-bond donors (Lipinski definition) is 1. The third-order valence-electron chi connectivity index (χ3n) is 3.67. The van der Waals surface area contributed by atoms with Gasteiger partial charge in [-0.2, -0.15) is 0 Å². The summed E-state index contributed by atoms with van der Waals surface area (Å²) in [6.45, 7) is 2.42. The molecule has 1 aromatic rings. The van der Waals surface area contributed by atoms with Gasteiger partial charge >= 0.3 is 5.97 Å². The molecule has 1 aliphatic rings. The second-order valence-corrected chi connectivity index (χ2v) is 6.56. The van der Waals surface area contributed by atoms with Crippen LogP contribution in [0.3, 0.4) is 0 Å². The fourth-order valence-electron chi connectivity index (χ4n) is 2.59. The molecule has 0 aliphatic carbocycles. The van der Waals surface area contributed by atoms with Crippen molar-refractivity contribution in [2.24, 2.45) is 5.92 Å². The molecule has 22 heavy (non-hydrogen) atoms. The smallest absolute Gasteiger partial charge is 0.326 e. The molecule has 1 N–H and O–H groups in total. The van der Waals surface area contributed by atoms with Crippen molar-refractivity contribution in [3.63, 3.8) is 0 Å². The Bertz CT molecular complexity index is 561. The number of amides is 1. The van der Waals surface area contributed by atoms with E-state index in [2.05, 4.69) is 0 Å². The molecule has 1 amide bonds. The Morgan fingerprint density at radius 2 is 1.95 bits per heavy atom. The Labute approximate surface area is 133 Å². The molecular formula is C16H19NO4S. The van der Waals surface area contributed by atoms with Gasteiger partial charge in [-0.25, -0.2) is 4.79 Å². The molecule has 1 unspecified atom stereocenters. The van der Waals surface area contributed by atoms with Gasteiger partial charge in [0.05, 0.1) is 0 Å². The lowest BCUT2D eigenvalue weighted by Crippen LogP contribution is -2.40. The number of carbonyl (C=O) groups is 3. The van der Waals surface area contributed by atoms with E-state index < -0.39 is 12.0 Å². The van der Waals surface area contributed by atoms with Crippen LogP contribution in [0.25, 0.3) is 0 Å². The Morgan fingerprint density at radius 1 is 1.27 bits per heavy atom. The molecule has 0 saturated carbocycles. The molecule has 1 aromatic carbocycles. The van der Waals surface area contributed by atoms with Crippen LogP contribution >= 0.6 is 11.8 Å². The molecular weight excluding hydrogens is 302 g/mol. The van der Waals surface area contributed by atoms with Crippen LogP contribution in [0.4, 0.5) is 0 Å². The topological polar surface area (TPSA) is 74.7 Å². The maximum atomic E-state index is 12.2. The minimum Gasteiger partial charge on any atom is -0.480 e. The second-order valence-electron chi connectivity index (χ2n) is 5.49. The van der Waals surface area contributed by atoms with Crippen molar-refractivity contribution in [1.29, 1.82) is 0 Å². The van der Waals surface area contributed by atoms with Crippen molar-refractivity contribution in [1.82, 2.24) is 4.90 Å². The van der Waals surface area contributed by atoms with Crippen LogP contribution in [0.2, 0.25) is 0 Å². The molecule has 1 heterocycles. The molecule has 1 fully saturated rings. The number of rotatable bonds is 5. The third-order valence-corrected chi connectivity index (χ3v) is 4.58. The quantitative estimate of drug-likeness (QED) is 0.900. The lowest BCUT2D eigenvalue weighted by atomic mass is 10.1. The Kier molecular flexibility index (Phi) is 5.60. The molecule has 2 rings (SSSR count). The van der Waals surface area contributed by atoms with Crippen molar-refractivity contribution in [3.05, 3.63) is 35.9 Å². The summed E-state index contributed by atoms with van der Waals surface area (Å²) in [5.74, 6) is -0.580. The lowest BCUT2D eigenvalue weighted by Gasteiger charge is -2.21. The van der Waals surface area contributed by atoms with Gasteiger partial charge in [-0.15, -0.1) is 0 Å². The van der Waals surface area contributed by atoms with Crippen LogP contribution in [0, 0.1) is 5.92 Å². The molecule has 1 saturated heterocycles. The molecule has 0 bridgehead atoms. The van der Waals surface area contributed by atoms with Crippen molar-refractivity contribution >= 4 is 28.8 Å². The van der Waals surface area contributed by atoms with Crippen molar-refractivity contribution < 1.29 is 19.5 Å².